The van der Waals surface area contributed by atoms with E-state index in [0.717, 1.165) is 10.2 Å². The van der Waals surface area contributed by atoms with Crippen molar-refractivity contribution in [2.75, 3.05) is 7.05 Å². The number of halogens is 1. The Balaban J connectivity index is 2.37. The summed E-state index contributed by atoms with van der Waals surface area (Å²) in [6.45, 7) is 4.42. The molecule has 0 saturated carbocycles. The van der Waals surface area contributed by atoms with Crippen LogP contribution in [0.2, 0.25) is 0 Å². The lowest BCUT2D eigenvalue weighted by Crippen LogP contribution is -2.21. The van der Waals surface area contributed by atoms with E-state index in [-0.39, 0.29) is 6.04 Å². The summed E-state index contributed by atoms with van der Waals surface area (Å²) in [5, 5.41) is 7.65. The average molecular weight is 322 g/mol. The van der Waals surface area contributed by atoms with Gasteiger partial charge < -0.3 is 5.32 Å². The fourth-order valence-electron chi connectivity index (χ4n) is 2.28. The van der Waals surface area contributed by atoms with E-state index in [0.29, 0.717) is 5.92 Å². The third-order valence-electron chi connectivity index (χ3n) is 3.44. The molecule has 0 bridgehead atoms. The zero-order valence-corrected chi connectivity index (χ0v) is 13.4. The molecule has 1 aromatic carbocycles. The van der Waals surface area contributed by atoms with E-state index in [2.05, 4.69) is 64.5 Å². The van der Waals surface area contributed by atoms with Gasteiger partial charge in [-0.3, -0.25) is 4.68 Å². The first-order valence-electron chi connectivity index (χ1n) is 6.49. The summed E-state index contributed by atoms with van der Waals surface area (Å²) >= 11 is 3.57. The van der Waals surface area contributed by atoms with Crippen LogP contribution in [0.3, 0.4) is 0 Å². The van der Waals surface area contributed by atoms with E-state index >= 15 is 0 Å². The predicted molar refractivity (Wildman–Crippen MR) is 82.3 cm³/mol. The number of aromatic nitrogens is 2. The van der Waals surface area contributed by atoms with E-state index in [4.69, 9.17) is 0 Å². The highest BCUT2D eigenvalue weighted by atomic mass is 79.9. The summed E-state index contributed by atoms with van der Waals surface area (Å²) in [6.07, 6.45) is 1.84. The topological polar surface area (TPSA) is 29.9 Å². The van der Waals surface area contributed by atoms with Gasteiger partial charge >= 0.3 is 0 Å². The highest BCUT2D eigenvalue weighted by Gasteiger charge is 2.19. The normalized spacial score (nSPS) is 12.9. The second-order valence-electron chi connectivity index (χ2n) is 5.04. The van der Waals surface area contributed by atoms with Crippen molar-refractivity contribution in [1.82, 2.24) is 15.1 Å². The van der Waals surface area contributed by atoms with Crippen molar-refractivity contribution >= 4 is 15.9 Å². The van der Waals surface area contributed by atoms with Gasteiger partial charge in [-0.15, -0.1) is 0 Å². The summed E-state index contributed by atoms with van der Waals surface area (Å²) in [7, 11) is 3.94. The van der Waals surface area contributed by atoms with Gasteiger partial charge in [-0.05, 0) is 40.0 Å². The molecule has 102 valence electrons. The molecule has 0 aliphatic rings. The minimum atomic E-state index is 0.142. The quantitative estimate of drug-likeness (QED) is 0.932. The molecule has 1 unspecified atom stereocenters. The van der Waals surface area contributed by atoms with Gasteiger partial charge in [-0.25, -0.2) is 0 Å². The van der Waals surface area contributed by atoms with Gasteiger partial charge in [0.05, 0.1) is 22.4 Å². The van der Waals surface area contributed by atoms with Gasteiger partial charge in [-0.1, -0.05) is 38.1 Å². The molecular formula is C15H20BrN3. The molecule has 0 aliphatic carbocycles. The van der Waals surface area contributed by atoms with Gasteiger partial charge in [0.15, 0.2) is 0 Å². The number of rotatable bonds is 4. The fraction of sp³-hybridized carbons (Fsp3) is 0.400. The number of benzene rings is 1. The molecule has 0 radical (unpaired) electrons. The maximum atomic E-state index is 4.29. The van der Waals surface area contributed by atoms with Crippen molar-refractivity contribution in [3.05, 3.63) is 51.8 Å². The zero-order chi connectivity index (χ0) is 14.0. The molecule has 4 heteroatoms. The van der Waals surface area contributed by atoms with Crippen LogP contribution in [0.15, 0.2) is 34.9 Å². The van der Waals surface area contributed by atoms with Crippen LogP contribution in [-0.4, -0.2) is 16.8 Å². The molecule has 1 N–H and O–H groups in total. The molecule has 1 atom stereocenters. The van der Waals surface area contributed by atoms with Crippen LogP contribution in [-0.2, 0) is 7.05 Å². The van der Waals surface area contributed by atoms with Crippen molar-refractivity contribution in [2.24, 2.45) is 7.05 Å². The summed E-state index contributed by atoms with van der Waals surface area (Å²) in [6, 6.07) is 8.93. The Morgan fingerprint density at radius 2 is 1.74 bits per heavy atom. The van der Waals surface area contributed by atoms with Crippen molar-refractivity contribution in [3.63, 3.8) is 0 Å². The van der Waals surface area contributed by atoms with Gasteiger partial charge in [0, 0.05) is 7.05 Å². The lowest BCUT2D eigenvalue weighted by atomic mass is 9.98. The van der Waals surface area contributed by atoms with Crippen molar-refractivity contribution in [2.45, 2.75) is 25.8 Å². The minimum absolute atomic E-state index is 0.142. The van der Waals surface area contributed by atoms with E-state index in [1.807, 2.05) is 25.0 Å². The molecule has 2 rings (SSSR count). The maximum Gasteiger partial charge on any atom is 0.0757 e. The second kappa shape index (κ2) is 5.88. The second-order valence-corrected chi connectivity index (χ2v) is 5.90. The molecule has 1 aromatic heterocycles. The lowest BCUT2D eigenvalue weighted by molar-refractivity contribution is 0.603. The summed E-state index contributed by atoms with van der Waals surface area (Å²) < 4.78 is 2.93. The van der Waals surface area contributed by atoms with Crippen molar-refractivity contribution in [3.8, 4) is 0 Å². The first kappa shape index (κ1) is 14.3. The van der Waals surface area contributed by atoms with Gasteiger partial charge in [0.2, 0.25) is 0 Å². The Bertz CT molecular complexity index is 524. The Kier molecular flexibility index (Phi) is 4.42. The molecule has 0 fully saturated rings. The van der Waals surface area contributed by atoms with Crippen molar-refractivity contribution in [1.29, 1.82) is 0 Å². The fourth-order valence-corrected chi connectivity index (χ4v) is 2.86. The lowest BCUT2D eigenvalue weighted by Gasteiger charge is -2.18. The Labute approximate surface area is 123 Å². The Morgan fingerprint density at radius 1 is 1.16 bits per heavy atom. The monoisotopic (exact) mass is 321 g/mol. The van der Waals surface area contributed by atoms with E-state index < -0.39 is 0 Å². The first-order valence-corrected chi connectivity index (χ1v) is 7.28. The number of aryl methyl sites for hydroxylation is 1. The van der Waals surface area contributed by atoms with Crippen LogP contribution < -0.4 is 5.32 Å². The van der Waals surface area contributed by atoms with Crippen LogP contribution in [0, 0.1) is 0 Å². The first-order chi connectivity index (χ1) is 9.04. The van der Waals surface area contributed by atoms with Crippen molar-refractivity contribution < 1.29 is 0 Å². The number of hydrogen-bond acceptors (Lipinski definition) is 2. The predicted octanol–water partition coefficient (Wildman–Crippen LogP) is 3.61. The third kappa shape index (κ3) is 2.90. The van der Waals surface area contributed by atoms with E-state index in [1.54, 1.807) is 0 Å². The van der Waals surface area contributed by atoms with E-state index in [9.17, 15) is 0 Å². The summed E-state index contributed by atoms with van der Waals surface area (Å²) in [4.78, 5) is 0. The highest BCUT2D eigenvalue weighted by Crippen LogP contribution is 2.28. The average Bonchev–Trinajstić information content (AvgIpc) is 2.72. The standard InChI is InChI=1S/C15H20BrN3/c1-10(2)11-5-7-12(8-6-11)14(17-3)15-13(16)9-18-19(15)4/h5-10,14,17H,1-4H3. The Morgan fingerprint density at radius 3 is 2.16 bits per heavy atom. The maximum absolute atomic E-state index is 4.29. The number of nitrogens with one attached hydrogen (secondary N) is 1. The van der Waals surface area contributed by atoms with Crippen LogP contribution in [0.1, 0.15) is 42.6 Å². The molecular weight excluding hydrogens is 302 g/mol. The van der Waals surface area contributed by atoms with Crippen LogP contribution in [0.4, 0.5) is 0 Å². The summed E-state index contributed by atoms with van der Waals surface area (Å²) in [5.41, 5.74) is 3.75. The largest absolute Gasteiger partial charge is 0.308 e. The van der Waals surface area contributed by atoms with Gasteiger partial charge in [-0.2, -0.15) is 5.10 Å². The third-order valence-corrected chi connectivity index (χ3v) is 4.05. The molecule has 3 nitrogen and oxygen atoms in total. The molecule has 0 saturated heterocycles. The molecule has 0 amide bonds. The van der Waals surface area contributed by atoms with Crippen LogP contribution in [0.5, 0.6) is 0 Å². The van der Waals surface area contributed by atoms with Crippen LogP contribution >= 0.6 is 15.9 Å². The molecule has 1 heterocycles. The van der Waals surface area contributed by atoms with E-state index in [1.165, 1.54) is 11.1 Å². The molecule has 19 heavy (non-hydrogen) atoms. The SMILES string of the molecule is CNC(c1ccc(C(C)C)cc1)c1c(Br)cnn1C. The number of nitrogens with zero attached hydrogens (tertiary/aromatic N) is 2. The van der Waals surface area contributed by atoms with Crippen LogP contribution in [0.25, 0.3) is 0 Å². The smallest absolute Gasteiger partial charge is 0.0757 e. The zero-order valence-electron chi connectivity index (χ0n) is 11.8. The molecule has 0 aliphatic heterocycles. The summed E-state index contributed by atoms with van der Waals surface area (Å²) in [5.74, 6) is 0.561. The Hall–Kier alpha value is -1.13. The number of hydrogen-bond donors (Lipinski definition) is 1. The molecule has 0 spiro atoms. The van der Waals surface area contributed by atoms with Gasteiger partial charge in [0.25, 0.3) is 0 Å². The highest BCUT2D eigenvalue weighted by molar-refractivity contribution is 9.10. The van der Waals surface area contributed by atoms with Gasteiger partial charge in [0.1, 0.15) is 0 Å². The minimum Gasteiger partial charge on any atom is -0.308 e. The molecule has 2 aromatic rings.